The Balaban J connectivity index is 1.81. The summed E-state index contributed by atoms with van der Waals surface area (Å²) in [7, 11) is 0. The van der Waals surface area contributed by atoms with Crippen molar-refractivity contribution in [1.29, 1.82) is 0 Å². The molecule has 0 fully saturated rings. The van der Waals surface area contributed by atoms with Crippen LogP contribution in [0.15, 0.2) is 67.1 Å². The number of nitrogens with one attached hydrogen (secondary N) is 1. The predicted molar refractivity (Wildman–Crippen MR) is 84.0 cm³/mol. The second kappa shape index (κ2) is 4.98. The number of anilines is 2. The van der Waals surface area contributed by atoms with Crippen molar-refractivity contribution in [3.05, 3.63) is 78.4 Å². The largest absolute Gasteiger partial charge is 0.376 e. The summed E-state index contributed by atoms with van der Waals surface area (Å²) < 4.78 is 2.21. The van der Waals surface area contributed by atoms with Gasteiger partial charge in [-0.3, -0.25) is 14.7 Å². The highest BCUT2D eigenvalue weighted by Gasteiger charge is 2.19. The van der Waals surface area contributed by atoms with Crippen LogP contribution < -0.4 is 10.3 Å². The lowest BCUT2D eigenvalue weighted by Crippen LogP contribution is -2.29. The monoisotopic (exact) mass is 276 g/mol. The third-order valence-corrected chi connectivity index (χ3v) is 3.78. The fraction of sp³-hybridized carbons (Fsp3) is 0.118. The zero-order valence-corrected chi connectivity index (χ0v) is 11.6. The molecule has 0 saturated carbocycles. The Morgan fingerprint density at radius 3 is 2.86 bits per heavy atom. The molecule has 3 heterocycles. The molecule has 0 radical (unpaired) electrons. The molecule has 4 heteroatoms. The van der Waals surface area contributed by atoms with Crippen molar-refractivity contribution in [3.63, 3.8) is 0 Å². The molecule has 1 aliphatic heterocycles. The van der Waals surface area contributed by atoms with Gasteiger partial charge in [-0.2, -0.15) is 0 Å². The van der Waals surface area contributed by atoms with Crippen LogP contribution in [0.4, 0.5) is 11.4 Å². The number of benzene rings is 1. The summed E-state index contributed by atoms with van der Waals surface area (Å²) in [6.45, 7) is 1.62. The van der Waals surface area contributed by atoms with Crippen LogP contribution in [-0.2, 0) is 13.1 Å². The Kier molecular flexibility index (Phi) is 2.85. The number of hydrogen-bond acceptors (Lipinski definition) is 3. The molecule has 0 aliphatic carbocycles. The quantitative estimate of drug-likeness (QED) is 0.779. The third kappa shape index (κ3) is 2.14. The molecule has 0 spiro atoms. The summed E-state index contributed by atoms with van der Waals surface area (Å²) in [6, 6.07) is 16.8. The zero-order chi connectivity index (χ0) is 14.1. The first-order valence-corrected chi connectivity index (χ1v) is 7.08. The number of hydrogen-bond donors (Lipinski definition) is 1. The van der Waals surface area contributed by atoms with E-state index in [0.717, 1.165) is 24.5 Å². The van der Waals surface area contributed by atoms with Crippen LogP contribution in [0.5, 0.6) is 0 Å². The van der Waals surface area contributed by atoms with Crippen LogP contribution in [0, 0.1) is 0 Å². The molecule has 4 rings (SSSR count). The van der Waals surface area contributed by atoms with Crippen molar-refractivity contribution in [1.82, 2.24) is 9.66 Å². The average molecular weight is 276 g/mol. The van der Waals surface area contributed by atoms with E-state index in [1.54, 1.807) is 0 Å². The van der Waals surface area contributed by atoms with Crippen LogP contribution >= 0.6 is 0 Å². The van der Waals surface area contributed by atoms with E-state index in [9.17, 15) is 0 Å². The molecule has 104 valence electrons. The van der Waals surface area contributed by atoms with Crippen LogP contribution in [0.25, 0.3) is 0 Å². The number of rotatable bonds is 2. The summed E-state index contributed by atoms with van der Waals surface area (Å²) in [5.74, 6) is 0. The minimum absolute atomic E-state index is 0.803. The molecule has 0 unspecified atom stereocenters. The maximum Gasteiger partial charge on any atom is 0.0844 e. The van der Waals surface area contributed by atoms with Crippen molar-refractivity contribution in [3.8, 4) is 0 Å². The average Bonchev–Trinajstić information content (AvgIpc) is 2.95. The van der Waals surface area contributed by atoms with E-state index in [-0.39, 0.29) is 0 Å². The van der Waals surface area contributed by atoms with Gasteiger partial charge < -0.3 is 5.32 Å². The Morgan fingerprint density at radius 2 is 1.95 bits per heavy atom. The molecule has 1 N–H and O–H groups in total. The van der Waals surface area contributed by atoms with Gasteiger partial charge in [0.05, 0.1) is 36.4 Å². The standard InChI is InChI=1S/C17H16N4/c1-2-5-14(6-3-1)13-21-17-8-9-18-12-16(17)19-11-15-7-4-10-20(15)21/h1-10,12,19H,11,13H2. The Labute approximate surface area is 123 Å². The van der Waals surface area contributed by atoms with Crippen LogP contribution in [0.2, 0.25) is 0 Å². The first-order chi connectivity index (χ1) is 10.4. The van der Waals surface area contributed by atoms with E-state index < -0.39 is 0 Å². The van der Waals surface area contributed by atoms with Crippen molar-refractivity contribution in [2.24, 2.45) is 0 Å². The van der Waals surface area contributed by atoms with Gasteiger partial charge in [-0.25, -0.2) is 0 Å². The lowest BCUT2D eigenvalue weighted by Gasteiger charge is -2.27. The zero-order valence-electron chi connectivity index (χ0n) is 11.6. The van der Waals surface area contributed by atoms with Gasteiger partial charge in [0.25, 0.3) is 0 Å². The Morgan fingerprint density at radius 1 is 1.05 bits per heavy atom. The van der Waals surface area contributed by atoms with E-state index in [2.05, 4.69) is 68.6 Å². The third-order valence-electron chi connectivity index (χ3n) is 3.78. The molecule has 0 atom stereocenters. The van der Waals surface area contributed by atoms with E-state index in [1.165, 1.54) is 11.3 Å². The molecule has 1 aromatic carbocycles. The van der Waals surface area contributed by atoms with E-state index in [4.69, 9.17) is 0 Å². The maximum absolute atomic E-state index is 4.23. The summed E-state index contributed by atoms with van der Waals surface area (Å²) >= 11 is 0. The van der Waals surface area contributed by atoms with Crippen molar-refractivity contribution in [2.75, 3.05) is 10.3 Å². The van der Waals surface area contributed by atoms with Gasteiger partial charge in [-0.05, 0) is 23.8 Å². The summed E-state index contributed by atoms with van der Waals surface area (Å²) in [6.07, 6.45) is 5.84. The van der Waals surface area contributed by atoms with E-state index >= 15 is 0 Å². The number of nitrogens with zero attached hydrogens (tertiary/aromatic N) is 3. The van der Waals surface area contributed by atoms with Gasteiger partial charge in [-0.1, -0.05) is 30.3 Å². The SMILES string of the molecule is c1ccc(CN2c3ccncc3NCc3cccn32)cc1. The lowest BCUT2D eigenvalue weighted by atomic mass is 10.2. The first-order valence-electron chi connectivity index (χ1n) is 7.08. The fourth-order valence-corrected chi connectivity index (χ4v) is 2.75. The Bertz CT molecular complexity index is 748. The van der Waals surface area contributed by atoms with Gasteiger partial charge in [-0.15, -0.1) is 0 Å². The molecular weight excluding hydrogens is 260 g/mol. The molecule has 4 nitrogen and oxygen atoms in total. The summed E-state index contributed by atoms with van der Waals surface area (Å²) in [5.41, 5.74) is 4.73. The van der Waals surface area contributed by atoms with Crippen LogP contribution in [0.3, 0.4) is 0 Å². The fourth-order valence-electron chi connectivity index (χ4n) is 2.75. The predicted octanol–water partition coefficient (Wildman–Crippen LogP) is 3.28. The van der Waals surface area contributed by atoms with Crippen molar-refractivity contribution in [2.45, 2.75) is 13.1 Å². The highest BCUT2D eigenvalue weighted by Crippen LogP contribution is 2.30. The molecule has 1 aliphatic rings. The minimum atomic E-state index is 0.803. The smallest absolute Gasteiger partial charge is 0.0844 e. The maximum atomic E-state index is 4.23. The first kappa shape index (κ1) is 12.0. The van der Waals surface area contributed by atoms with Crippen molar-refractivity contribution >= 4 is 11.4 Å². The molecule has 2 aromatic heterocycles. The molecule has 3 aromatic rings. The lowest BCUT2D eigenvalue weighted by molar-refractivity contribution is 0.673. The highest BCUT2D eigenvalue weighted by atomic mass is 15.6. The van der Waals surface area contributed by atoms with E-state index in [0.29, 0.717) is 0 Å². The second-order valence-corrected chi connectivity index (χ2v) is 5.13. The number of aromatic nitrogens is 2. The normalized spacial score (nSPS) is 13.0. The van der Waals surface area contributed by atoms with Gasteiger partial charge in [0.1, 0.15) is 0 Å². The molecule has 0 bridgehead atoms. The molecule has 0 saturated heterocycles. The highest BCUT2D eigenvalue weighted by molar-refractivity contribution is 5.69. The van der Waals surface area contributed by atoms with Gasteiger partial charge in [0.2, 0.25) is 0 Å². The molecule has 21 heavy (non-hydrogen) atoms. The minimum Gasteiger partial charge on any atom is -0.376 e. The van der Waals surface area contributed by atoms with Crippen LogP contribution in [0.1, 0.15) is 11.3 Å². The summed E-state index contributed by atoms with van der Waals surface area (Å²) in [4.78, 5) is 4.23. The van der Waals surface area contributed by atoms with Crippen LogP contribution in [-0.4, -0.2) is 9.66 Å². The van der Waals surface area contributed by atoms with Gasteiger partial charge in [0.15, 0.2) is 0 Å². The Hall–Kier alpha value is -2.75. The van der Waals surface area contributed by atoms with Crippen molar-refractivity contribution < 1.29 is 0 Å². The van der Waals surface area contributed by atoms with Gasteiger partial charge >= 0.3 is 0 Å². The topological polar surface area (TPSA) is 33.1 Å². The van der Waals surface area contributed by atoms with E-state index in [1.807, 2.05) is 18.5 Å². The molecular formula is C17H16N4. The summed E-state index contributed by atoms with van der Waals surface area (Å²) in [5, 5.41) is 5.74. The number of pyridine rings is 1. The number of fused-ring (bicyclic) bond motifs is 2. The second-order valence-electron chi connectivity index (χ2n) is 5.13. The molecule has 0 amide bonds. The van der Waals surface area contributed by atoms with Gasteiger partial charge in [0, 0.05) is 12.4 Å².